The summed E-state index contributed by atoms with van der Waals surface area (Å²) in [6, 6.07) is 0. The average molecular weight is 232 g/mol. The Morgan fingerprint density at radius 3 is 1.43 bits per heavy atom. The van der Waals surface area contributed by atoms with Gasteiger partial charge < -0.3 is 0 Å². The molecular weight excluding hydrogens is 206 g/mol. The van der Waals surface area contributed by atoms with Crippen LogP contribution in [0.5, 0.6) is 0 Å². The van der Waals surface area contributed by atoms with E-state index < -0.39 is 0 Å². The van der Waals surface area contributed by atoms with E-state index in [1.54, 1.807) is 10.6 Å². The van der Waals surface area contributed by atoms with Gasteiger partial charge in [-0.2, -0.15) is 9.90 Å². The Morgan fingerprint density at radius 2 is 1.21 bits per heavy atom. The molecule has 0 aliphatic heterocycles. The molecule has 1 atom stereocenters. The number of allylic oxidation sites excluding steroid dienone is 4. The minimum absolute atomic E-state index is 0. The first-order chi connectivity index (χ1) is 6.28. The quantitative estimate of drug-likeness (QED) is 0.557. The van der Waals surface area contributed by atoms with E-state index in [9.17, 15) is 0 Å². The van der Waals surface area contributed by atoms with Gasteiger partial charge in [-0.05, 0) is 36.3 Å². The van der Waals surface area contributed by atoms with Gasteiger partial charge >= 0.3 is 0 Å². The van der Waals surface area contributed by atoms with Gasteiger partial charge in [0.2, 0.25) is 0 Å². The summed E-state index contributed by atoms with van der Waals surface area (Å²) in [6.07, 6.45) is 9.56. The maximum Gasteiger partial charge on any atom is -0.0306 e. The van der Waals surface area contributed by atoms with Crippen LogP contribution in [0.2, 0.25) is 0 Å². The van der Waals surface area contributed by atoms with Crippen LogP contribution < -0.4 is 0 Å². The second-order valence-corrected chi connectivity index (χ2v) is 4.64. The summed E-state index contributed by atoms with van der Waals surface area (Å²) in [5, 5.41) is 3.26. The van der Waals surface area contributed by atoms with Gasteiger partial charge in [-0.3, -0.25) is 0 Å². The fraction of sp³-hybridized carbons (Fsp3) is 0.667. The number of rotatable bonds is 6. The van der Waals surface area contributed by atoms with Crippen LogP contribution in [0, 0.1) is 0 Å². The van der Waals surface area contributed by atoms with E-state index >= 15 is 0 Å². The summed E-state index contributed by atoms with van der Waals surface area (Å²) < 4.78 is 0. The van der Waals surface area contributed by atoms with Crippen molar-refractivity contribution in [2.24, 2.45) is 0 Å². The summed E-state index contributed by atoms with van der Waals surface area (Å²) in [7, 11) is 0.950. The molecule has 0 aromatic heterocycles. The summed E-state index contributed by atoms with van der Waals surface area (Å²) in [5.41, 5.74) is 0. The van der Waals surface area contributed by atoms with Gasteiger partial charge in [0, 0.05) is 0 Å². The van der Waals surface area contributed by atoms with Crippen molar-refractivity contribution in [2.45, 2.75) is 53.4 Å². The highest BCUT2D eigenvalue weighted by Gasteiger charge is 1.97. The lowest BCUT2D eigenvalue weighted by Gasteiger charge is -2.07. The third-order valence-corrected chi connectivity index (χ3v) is 3.74. The van der Waals surface area contributed by atoms with Crippen molar-refractivity contribution >= 4 is 18.5 Å². The molecule has 2 heteroatoms. The lowest BCUT2D eigenvalue weighted by Crippen LogP contribution is -1.76. The molecule has 0 saturated carbocycles. The van der Waals surface area contributed by atoms with Gasteiger partial charge in [0.1, 0.15) is 0 Å². The number of hydrogen-bond acceptors (Lipinski definition) is 0. The molecule has 0 fully saturated rings. The molecule has 0 N–H and O–H groups in total. The summed E-state index contributed by atoms with van der Waals surface area (Å²) >= 11 is 0. The minimum Gasteiger partial charge on any atom is -0.153 e. The zero-order valence-corrected chi connectivity index (χ0v) is 12.6. The van der Waals surface area contributed by atoms with Gasteiger partial charge in [0.25, 0.3) is 0 Å². The first kappa shape index (κ1) is 16.8. The van der Waals surface area contributed by atoms with Crippen LogP contribution in [0.4, 0.5) is 0 Å². The van der Waals surface area contributed by atoms with E-state index in [2.05, 4.69) is 39.8 Å². The fourth-order valence-electron chi connectivity index (χ4n) is 1.27. The topological polar surface area (TPSA) is 0 Å². The van der Waals surface area contributed by atoms with Gasteiger partial charge in [-0.1, -0.05) is 48.4 Å². The molecule has 0 aliphatic rings. The molecule has 0 aromatic carbocycles. The molecule has 0 aromatic rings. The Morgan fingerprint density at radius 1 is 0.857 bits per heavy atom. The highest BCUT2D eigenvalue weighted by Crippen LogP contribution is 2.37. The Balaban J connectivity index is 0. The van der Waals surface area contributed by atoms with Gasteiger partial charge in [0.15, 0.2) is 0 Å². The van der Waals surface area contributed by atoms with E-state index in [4.69, 9.17) is 0 Å². The Bertz CT molecular complexity index is 161. The first-order valence-corrected chi connectivity index (χ1v) is 6.43. The van der Waals surface area contributed by atoms with Gasteiger partial charge in [0.05, 0.1) is 0 Å². The molecule has 0 spiro atoms. The third-order valence-electron chi connectivity index (χ3n) is 1.98. The average Bonchev–Trinajstić information content (AvgIpc) is 2.16. The monoisotopic (exact) mass is 232 g/mol. The van der Waals surface area contributed by atoms with Crippen molar-refractivity contribution < 1.29 is 0 Å². The summed E-state index contributed by atoms with van der Waals surface area (Å²) in [5.74, 6) is 0. The highest BCUT2D eigenvalue weighted by atomic mass is 31.1. The zero-order chi connectivity index (χ0) is 10.1. The van der Waals surface area contributed by atoms with E-state index in [1.165, 1.54) is 25.7 Å². The van der Waals surface area contributed by atoms with Crippen molar-refractivity contribution in [3.63, 3.8) is 0 Å². The second-order valence-electron chi connectivity index (χ2n) is 3.11. The van der Waals surface area contributed by atoms with Crippen LogP contribution in [0.1, 0.15) is 53.4 Å². The van der Waals surface area contributed by atoms with Gasteiger partial charge in [-0.25, -0.2) is 0 Å². The molecule has 0 bridgehead atoms. The first-order valence-electron chi connectivity index (χ1n) is 5.43. The van der Waals surface area contributed by atoms with Crippen LogP contribution >= 0.6 is 18.5 Å². The lowest BCUT2D eigenvalue weighted by molar-refractivity contribution is 1.12. The molecule has 0 radical (unpaired) electrons. The zero-order valence-electron chi connectivity index (χ0n) is 10.2. The van der Waals surface area contributed by atoms with Crippen LogP contribution in [0.3, 0.4) is 0 Å². The maximum absolute atomic E-state index is 2.39. The van der Waals surface area contributed by atoms with Crippen LogP contribution in [0.25, 0.3) is 0 Å². The molecule has 14 heavy (non-hydrogen) atoms. The molecular formula is C12H26P2. The predicted octanol–water partition coefficient (Wildman–Crippen LogP) is 5.13. The van der Waals surface area contributed by atoms with Crippen molar-refractivity contribution in [3.8, 4) is 0 Å². The normalized spacial score (nSPS) is 13.4. The van der Waals surface area contributed by atoms with E-state index in [-0.39, 0.29) is 9.90 Å². The maximum atomic E-state index is 2.39. The predicted molar refractivity (Wildman–Crippen MR) is 76.8 cm³/mol. The Kier molecular flexibility index (Phi) is 13.7. The Labute approximate surface area is 95.0 Å². The standard InChI is InChI=1S/C12H23P.H3P/c1-5-9-11(7-3)13-12(8-4)10-6-2;/h9-10,13H,5-8H2,1-4H3;1H3/b11-9-,12-10-;. The molecule has 0 rings (SSSR count). The number of hydrogen-bond donors (Lipinski definition) is 0. The third kappa shape index (κ3) is 7.72. The highest BCUT2D eigenvalue weighted by molar-refractivity contribution is 7.47. The molecule has 1 unspecified atom stereocenters. The van der Waals surface area contributed by atoms with Crippen molar-refractivity contribution in [2.75, 3.05) is 0 Å². The molecule has 0 aliphatic carbocycles. The van der Waals surface area contributed by atoms with Crippen LogP contribution in [-0.4, -0.2) is 0 Å². The summed E-state index contributed by atoms with van der Waals surface area (Å²) in [4.78, 5) is 0. The van der Waals surface area contributed by atoms with E-state index in [0.717, 1.165) is 8.58 Å². The second kappa shape index (κ2) is 11.4. The van der Waals surface area contributed by atoms with Gasteiger partial charge in [-0.15, -0.1) is 0 Å². The molecule has 0 heterocycles. The Hall–Kier alpha value is 0.340. The van der Waals surface area contributed by atoms with E-state index in [1.807, 2.05) is 0 Å². The van der Waals surface area contributed by atoms with Crippen molar-refractivity contribution in [3.05, 3.63) is 22.8 Å². The van der Waals surface area contributed by atoms with Crippen molar-refractivity contribution in [1.82, 2.24) is 0 Å². The smallest absolute Gasteiger partial charge is 0.0306 e. The van der Waals surface area contributed by atoms with Crippen molar-refractivity contribution in [1.29, 1.82) is 0 Å². The SMILES string of the molecule is CC/C=C(/CC)P/C(=C\CC)CC.P. The lowest BCUT2D eigenvalue weighted by atomic mass is 10.3. The molecule has 0 amide bonds. The van der Waals surface area contributed by atoms with E-state index in [0.29, 0.717) is 0 Å². The van der Waals surface area contributed by atoms with Crippen LogP contribution in [0.15, 0.2) is 22.8 Å². The largest absolute Gasteiger partial charge is 0.153 e. The minimum atomic E-state index is 0. The molecule has 84 valence electrons. The van der Waals surface area contributed by atoms with Crippen LogP contribution in [-0.2, 0) is 0 Å². The molecule has 0 nitrogen and oxygen atoms in total. The summed E-state index contributed by atoms with van der Waals surface area (Å²) in [6.45, 7) is 8.95. The molecule has 0 saturated heterocycles. The fourth-order valence-corrected chi connectivity index (χ4v) is 2.64.